The average Bonchev–Trinajstić information content (AvgIpc) is 3.04. The first-order chi connectivity index (χ1) is 9.15. The fraction of sp³-hybridized carbons (Fsp3) is 0.538. The number of carbonyl (C=O) groups excluding carboxylic acids is 1. The lowest BCUT2D eigenvalue weighted by Gasteiger charge is -2.14. The van der Waals surface area contributed by atoms with Crippen LogP contribution in [-0.2, 0) is 22.6 Å². The van der Waals surface area contributed by atoms with Crippen molar-refractivity contribution in [3.05, 3.63) is 21.4 Å². The number of carbonyl (C=O) groups is 2. The lowest BCUT2D eigenvalue weighted by Crippen LogP contribution is -2.29. The van der Waals surface area contributed by atoms with Crippen LogP contribution in [0.4, 0.5) is 0 Å². The van der Waals surface area contributed by atoms with Crippen molar-refractivity contribution in [1.82, 2.24) is 4.90 Å². The molecule has 1 N–H and O–H groups in total. The van der Waals surface area contributed by atoms with Crippen LogP contribution in [0, 0.1) is 5.92 Å². The van der Waals surface area contributed by atoms with Crippen molar-refractivity contribution < 1.29 is 19.4 Å². The summed E-state index contributed by atoms with van der Waals surface area (Å²) in [4.78, 5) is 26.8. The van der Waals surface area contributed by atoms with E-state index >= 15 is 0 Å². The molecule has 1 fully saturated rings. The molecule has 0 aromatic carbocycles. The number of carboxylic acid groups (broad SMARTS) is 1. The molecule has 0 aliphatic carbocycles. The first-order valence-electron chi connectivity index (χ1n) is 6.36. The van der Waals surface area contributed by atoms with Crippen molar-refractivity contribution in [2.75, 3.05) is 19.7 Å². The van der Waals surface area contributed by atoms with Crippen LogP contribution >= 0.6 is 11.3 Å². The number of ether oxygens (including phenoxy) is 1. The van der Waals surface area contributed by atoms with E-state index in [1.54, 1.807) is 4.90 Å². The van der Waals surface area contributed by atoms with Gasteiger partial charge in [0.2, 0.25) is 0 Å². The van der Waals surface area contributed by atoms with Crippen LogP contribution in [0.1, 0.15) is 26.5 Å². The zero-order chi connectivity index (χ0) is 13.4. The molecule has 1 atom stereocenters. The van der Waals surface area contributed by atoms with Gasteiger partial charge in [-0.3, -0.25) is 9.59 Å². The van der Waals surface area contributed by atoms with Crippen LogP contribution in [-0.4, -0.2) is 41.6 Å². The summed E-state index contributed by atoms with van der Waals surface area (Å²) in [6, 6.07) is 1.90. The van der Waals surface area contributed by atoms with E-state index in [9.17, 15) is 9.59 Å². The van der Waals surface area contributed by atoms with Crippen LogP contribution in [0.25, 0.3) is 0 Å². The van der Waals surface area contributed by atoms with Gasteiger partial charge >= 0.3 is 5.97 Å². The zero-order valence-corrected chi connectivity index (χ0v) is 11.2. The van der Waals surface area contributed by atoms with Crippen molar-refractivity contribution in [2.24, 2.45) is 5.92 Å². The van der Waals surface area contributed by atoms with E-state index in [1.165, 1.54) is 16.2 Å². The molecule has 0 saturated carbocycles. The molecule has 3 rings (SSSR count). The molecule has 0 spiro atoms. The van der Waals surface area contributed by atoms with Crippen LogP contribution < -0.4 is 0 Å². The van der Waals surface area contributed by atoms with Gasteiger partial charge in [0.05, 0.1) is 24.0 Å². The molecule has 1 aromatic rings. The van der Waals surface area contributed by atoms with Crippen molar-refractivity contribution in [3.8, 4) is 0 Å². The van der Waals surface area contributed by atoms with Crippen molar-refractivity contribution in [1.29, 1.82) is 0 Å². The van der Waals surface area contributed by atoms with Crippen molar-refractivity contribution in [3.63, 3.8) is 0 Å². The number of fused-ring (bicyclic) bond motifs is 1. The molecule has 1 saturated heterocycles. The van der Waals surface area contributed by atoms with Gasteiger partial charge in [0.1, 0.15) is 0 Å². The van der Waals surface area contributed by atoms with Crippen LogP contribution in [0.15, 0.2) is 6.07 Å². The fourth-order valence-corrected chi connectivity index (χ4v) is 3.67. The van der Waals surface area contributed by atoms with E-state index in [-0.39, 0.29) is 5.91 Å². The first-order valence-corrected chi connectivity index (χ1v) is 7.18. The maximum Gasteiger partial charge on any atom is 0.308 e. The minimum Gasteiger partial charge on any atom is -0.481 e. The molecule has 3 heterocycles. The smallest absolute Gasteiger partial charge is 0.308 e. The third-order valence-electron chi connectivity index (χ3n) is 3.66. The predicted molar refractivity (Wildman–Crippen MR) is 69.3 cm³/mol. The Balaban J connectivity index is 1.74. The second-order valence-corrected chi connectivity index (χ2v) is 6.07. The number of nitrogens with zero attached hydrogens (tertiary/aromatic N) is 1. The topological polar surface area (TPSA) is 66.8 Å². The molecule has 6 heteroatoms. The van der Waals surface area contributed by atoms with E-state index in [2.05, 4.69) is 0 Å². The lowest BCUT2D eigenvalue weighted by atomic mass is 10.1. The standard InChI is InChI=1S/C13H15NO4S/c15-12(14-3-1-8(6-14)13(16)17)11-5-9-7-18-4-2-10(9)19-11/h5,8H,1-4,6-7H2,(H,16,17). The minimum absolute atomic E-state index is 0.0387. The molecule has 2 aliphatic heterocycles. The lowest BCUT2D eigenvalue weighted by molar-refractivity contribution is -0.141. The number of aliphatic carboxylic acids is 1. The SMILES string of the molecule is O=C(O)C1CCN(C(=O)c2cc3c(s2)CCOC3)C1. The molecular weight excluding hydrogens is 266 g/mol. The largest absolute Gasteiger partial charge is 0.481 e. The Bertz CT molecular complexity index is 501. The van der Waals surface area contributed by atoms with E-state index in [0.717, 1.165) is 12.0 Å². The molecule has 2 aliphatic rings. The van der Waals surface area contributed by atoms with Crippen molar-refractivity contribution in [2.45, 2.75) is 19.4 Å². The molecule has 1 amide bonds. The number of hydrogen-bond donors (Lipinski definition) is 1. The second-order valence-electron chi connectivity index (χ2n) is 4.94. The Hall–Kier alpha value is -1.40. The third-order valence-corrected chi connectivity index (χ3v) is 4.89. The van der Waals surface area contributed by atoms with Gasteiger partial charge in [0, 0.05) is 24.4 Å². The van der Waals surface area contributed by atoms with E-state index in [0.29, 0.717) is 37.6 Å². The van der Waals surface area contributed by atoms with Crippen LogP contribution in [0.2, 0.25) is 0 Å². The van der Waals surface area contributed by atoms with Crippen molar-refractivity contribution >= 4 is 23.2 Å². The van der Waals surface area contributed by atoms with Gasteiger partial charge in [-0.1, -0.05) is 0 Å². The highest BCUT2D eigenvalue weighted by molar-refractivity contribution is 7.14. The van der Waals surface area contributed by atoms with Gasteiger partial charge in [-0.05, 0) is 18.1 Å². The molecule has 102 valence electrons. The predicted octanol–water partition coefficient (Wildman–Crippen LogP) is 1.37. The normalized spacial score (nSPS) is 22.3. The number of rotatable bonds is 2. The fourth-order valence-electron chi connectivity index (χ4n) is 2.55. The quantitative estimate of drug-likeness (QED) is 0.889. The number of hydrogen-bond acceptors (Lipinski definition) is 4. The summed E-state index contributed by atoms with van der Waals surface area (Å²) in [6.07, 6.45) is 1.42. The number of amides is 1. The van der Waals surface area contributed by atoms with E-state index < -0.39 is 11.9 Å². The third kappa shape index (κ3) is 2.37. The maximum absolute atomic E-state index is 12.3. The van der Waals surface area contributed by atoms with Crippen LogP contribution in [0.5, 0.6) is 0 Å². The van der Waals surface area contributed by atoms with E-state index in [1.807, 2.05) is 6.07 Å². The molecular formula is C13H15NO4S. The highest BCUT2D eigenvalue weighted by Gasteiger charge is 2.32. The zero-order valence-electron chi connectivity index (χ0n) is 10.4. The highest BCUT2D eigenvalue weighted by Crippen LogP contribution is 2.29. The average molecular weight is 281 g/mol. The Kier molecular flexibility index (Phi) is 3.28. The van der Waals surface area contributed by atoms with Gasteiger partial charge < -0.3 is 14.7 Å². The molecule has 0 radical (unpaired) electrons. The van der Waals surface area contributed by atoms with Gasteiger partial charge in [0.15, 0.2) is 0 Å². The summed E-state index contributed by atoms with van der Waals surface area (Å²) in [5.74, 6) is -1.26. The molecule has 0 bridgehead atoms. The Labute approximate surface area is 114 Å². The summed E-state index contributed by atoms with van der Waals surface area (Å²) in [5.41, 5.74) is 1.11. The Morgan fingerprint density at radius 2 is 2.32 bits per heavy atom. The number of likely N-dealkylation sites (tertiary alicyclic amines) is 1. The molecule has 5 nitrogen and oxygen atoms in total. The summed E-state index contributed by atoms with van der Waals surface area (Å²) in [7, 11) is 0. The Morgan fingerprint density at radius 3 is 3.00 bits per heavy atom. The van der Waals surface area contributed by atoms with Gasteiger partial charge in [0.25, 0.3) is 5.91 Å². The van der Waals surface area contributed by atoms with Gasteiger partial charge in [-0.25, -0.2) is 0 Å². The monoisotopic (exact) mass is 281 g/mol. The van der Waals surface area contributed by atoms with Gasteiger partial charge in [-0.2, -0.15) is 0 Å². The molecule has 1 aromatic heterocycles. The minimum atomic E-state index is -0.811. The molecule has 19 heavy (non-hydrogen) atoms. The van der Waals surface area contributed by atoms with Gasteiger partial charge in [-0.15, -0.1) is 11.3 Å². The summed E-state index contributed by atoms with van der Waals surface area (Å²) < 4.78 is 5.37. The Morgan fingerprint density at radius 1 is 1.47 bits per heavy atom. The second kappa shape index (κ2) is 4.94. The van der Waals surface area contributed by atoms with E-state index in [4.69, 9.17) is 9.84 Å². The van der Waals surface area contributed by atoms with Crippen LogP contribution in [0.3, 0.4) is 0 Å². The number of thiophene rings is 1. The number of carboxylic acids is 1. The summed E-state index contributed by atoms with van der Waals surface area (Å²) in [6.45, 7) is 2.16. The first kappa shape index (κ1) is 12.6. The highest BCUT2D eigenvalue weighted by atomic mass is 32.1. The molecule has 1 unspecified atom stereocenters. The summed E-state index contributed by atoms with van der Waals surface area (Å²) >= 11 is 1.52. The summed E-state index contributed by atoms with van der Waals surface area (Å²) in [5, 5.41) is 8.96. The maximum atomic E-state index is 12.3.